The van der Waals surface area contributed by atoms with Crippen molar-refractivity contribution in [2.45, 2.75) is 38.2 Å². The number of halogens is 2. The highest BCUT2D eigenvalue weighted by atomic mass is 19.1. The number of hydrogen-bond acceptors (Lipinski definition) is 4. The Morgan fingerprint density at radius 3 is 2.59 bits per heavy atom. The van der Waals surface area contributed by atoms with Gasteiger partial charge in [-0.3, -0.25) is 9.29 Å². The van der Waals surface area contributed by atoms with Crippen LogP contribution in [0, 0.1) is 5.82 Å². The van der Waals surface area contributed by atoms with Crippen molar-refractivity contribution in [1.29, 1.82) is 0 Å². The van der Waals surface area contributed by atoms with Gasteiger partial charge in [-0.15, -0.1) is 0 Å². The van der Waals surface area contributed by atoms with E-state index in [9.17, 15) is 8.78 Å². The smallest absolute Gasteiger partial charge is 0.129 e. The number of likely N-dealkylation sites (tertiary alicyclic amines) is 1. The number of nitrogens with two attached hydrogens (primary N) is 1. The van der Waals surface area contributed by atoms with Crippen molar-refractivity contribution >= 4 is 16.8 Å². The number of aryl methyl sites for hydroxylation is 1. The molecule has 2 aliphatic rings. The highest BCUT2D eigenvalue weighted by Gasteiger charge is 2.25. The van der Waals surface area contributed by atoms with Crippen molar-refractivity contribution in [1.82, 2.24) is 4.90 Å². The molecule has 1 atom stereocenters. The molecule has 0 spiro atoms. The lowest BCUT2D eigenvalue weighted by molar-refractivity contribution is 0.198. The number of alkyl halides is 1. The molecule has 0 amide bonds. The van der Waals surface area contributed by atoms with Crippen molar-refractivity contribution in [3.8, 4) is 11.5 Å². The van der Waals surface area contributed by atoms with Crippen LogP contribution in [0.4, 0.5) is 14.5 Å². The molecule has 1 aliphatic heterocycles. The van der Waals surface area contributed by atoms with Gasteiger partial charge in [0.2, 0.25) is 0 Å². The van der Waals surface area contributed by atoms with Crippen LogP contribution in [0.1, 0.15) is 47.9 Å². The molecule has 4 nitrogen and oxygen atoms in total. The van der Waals surface area contributed by atoms with Gasteiger partial charge in [-0.25, -0.2) is 4.39 Å². The van der Waals surface area contributed by atoms with Crippen molar-refractivity contribution in [2.24, 2.45) is 0 Å². The highest BCUT2D eigenvalue weighted by Crippen LogP contribution is 2.43. The predicted molar refractivity (Wildman–Crippen MR) is 145 cm³/mol. The Bertz CT molecular complexity index is 1270. The molecule has 2 N–H and O–H groups in total. The third-order valence-corrected chi connectivity index (χ3v) is 7.34. The Balaban J connectivity index is 1.50. The summed E-state index contributed by atoms with van der Waals surface area (Å²) in [6.07, 6.45) is 4.34. The summed E-state index contributed by atoms with van der Waals surface area (Å²) in [5.74, 6) is 1.04. The van der Waals surface area contributed by atoms with Gasteiger partial charge >= 0.3 is 0 Å². The second-order valence-electron chi connectivity index (χ2n) is 9.86. The fraction of sp³-hybridized carbons (Fsp3) is 0.355. The van der Waals surface area contributed by atoms with Gasteiger partial charge in [-0.1, -0.05) is 18.2 Å². The molecule has 0 saturated carbocycles. The first-order valence-electron chi connectivity index (χ1n) is 13.1. The Kier molecular flexibility index (Phi) is 7.75. The van der Waals surface area contributed by atoms with Crippen LogP contribution in [0.25, 0.3) is 11.1 Å². The van der Waals surface area contributed by atoms with E-state index in [4.69, 9.17) is 15.2 Å². The lowest BCUT2D eigenvalue weighted by Gasteiger charge is -2.19. The molecule has 5 rings (SSSR count). The normalized spacial score (nSPS) is 18.0. The zero-order valence-electron chi connectivity index (χ0n) is 21.3. The number of nitrogens with zero attached hydrogens (tertiary/aromatic N) is 1. The van der Waals surface area contributed by atoms with Crippen LogP contribution in [0.5, 0.6) is 11.5 Å². The zero-order valence-corrected chi connectivity index (χ0v) is 21.3. The molecule has 1 aliphatic carbocycles. The van der Waals surface area contributed by atoms with Gasteiger partial charge in [0.15, 0.2) is 0 Å². The number of methoxy groups -OCH3 is 1. The second-order valence-corrected chi connectivity index (χ2v) is 9.86. The number of rotatable bonds is 8. The van der Waals surface area contributed by atoms with Gasteiger partial charge in [0.1, 0.15) is 23.4 Å². The number of allylic oxidation sites excluding steroid dienone is 1. The minimum Gasteiger partial charge on any atom is -0.496 e. The van der Waals surface area contributed by atoms with E-state index >= 15 is 0 Å². The minimum atomic E-state index is -0.318. The maximum atomic E-state index is 14.0. The number of ether oxygens (including phenoxy) is 2. The third kappa shape index (κ3) is 5.64. The van der Waals surface area contributed by atoms with Crippen LogP contribution >= 0.6 is 0 Å². The van der Waals surface area contributed by atoms with Crippen LogP contribution in [0.2, 0.25) is 0 Å². The van der Waals surface area contributed by atoms with Crippen LogP contribution < -0.4 is 15.2 Å². The Morgan fingerprint density at radius 2 is 1.81 bits per heavy atom. The Morgan fingerprint density at radius 1 is 1.00 bits per heavy atom. The lowest BCUT2D eigenvalue weighted by atomic mass is 9.87. The molecular formula is C31H34F2N2O2. The summed E-state index contributed by atoms with van der Waals surface area (Å²) in [7, 11) is 1.58. The summed E-state index contributed by atoms with van der Waals surface area (Å²) in [4.78, 5) is 2.26. The van der Waals surface area contributed by atoms with E-state index in [-0.39, 0.29) is 18.6 Å². The van der Waals surface area contributed by atoms with E-state index in [2.05, 4.69) is 29.2 Å². The number of fused-ring (bicyclic) bond motifs is 1. The molecule has 3 aromatic rings. The number of anilines is 1. The maximum Gasteiger partial charge on any atom is 0.129 e. The molecular weight excluding hydrogens is 470 g/mol. The molecule has 1 saturated heterocycles. The van der Waals surface area contributed by atoms with Gasteiger partial charge in [0.05, 0.1) is 13.8 Å². The topological polar surface area (TPSA) is 47.7 Å². The Labute approximate surface area is 217 Å². The molecule has 1 heterocycles. The van der Waals surface area contributed by atoms with E-state index in [1.807, 2.05) is 24.3 Å². The molecule has 194 valence electrons. The fourth-order valence-corrected chi connectivity index (χ4v) is 5.59. The zero-order chi connectivity index (χ0) is 25.8. The first-order chi connectivity index (χ1) is 18.1. The maximum absolute atomic E-state index is 14.0. The number of hydrogen-bond donors (Lipinski definition) is 1. The molecule has 0 bridgehead atoms. The van der Waals surface area contributed by atoms with Gasteiger partial charge < -0.3 is 15.2 Å². The van der Waals surface area contributed by atoms with Crippen LogP contribution in [-0.4, -0.2) is 44.4 Å². The first kappa shape index (κ1) is 25.3. The van der Waals surface area contributed by atoms with Crippen LogP contribution in [0.3, 0.4) is 0 Å². The molecule has 0 aromatic heterocycles. The summed E-state index contributed by atoms with van der Waals surface area (Å²) in [6, 6.07) is 19.1. The molecule has 3 aromatic carbocycles. The van der Waals surface area contributed by atoms with Crippen LogP contribution in [0.15, 0.2) is 60.7 Å². The van der Waals surface area contributed by atoms with Gasteiger partial charge in [0, 0.05) is 37.0 Å². The fourth-order valence-electron chi connectivity index (χ4n) is 5.59. The van der Waals surface area contributed by atoms with Crippen molar-refractivity contribution < 1.29 is 18.3 Å². The van der Waals surface area contributed by atoms with E-state index in [0.29, 0.717) is 12.2 Å². The molecule has 0 radical (unpaired) electrons. The van der Waals surface area contributed by atoms with Gasteiger partial charge in [-0.2, -0.15) is 0 Å². The summed E-state index contributed by atoms with van der Waals surface area (Å²) in [5.41, 5.74) is 13.5. The predicted octanol–water partition coefficient (Wildman–Crippen LogP) is 6.52. The largest absolute Gasteiger partial charge is 0.496 e. The summed E-state index contributed by atoms with van der Waals surface area (Å²) in [5, 5.41) is 0. The van der Waals surface area contributed by atoms with E-state index in [1.165, 1.54) is 17.7 Å². The van der Waals surface area contributed by atoms with E-state index < -0.39 is 0 Å². The SMILES string of the molecule is COc1cc(F)ccc1C1=C(c2ccc(OC3CCN(CCCF)C3)cc2)c2ccc(N)cc2CCC1. The highest BCUT2D eigenvalue weighted by molar-refractivity contribution is 6.01. The van der Waals surface area contributed by atoms with Crippen molar-refractivity contribution in [3.05, 3.63) is 88.7 Å². The standard InChI is InChI=1S/C31H34F2N2O2/c1-36-30-19-23(33)8-12-28(30)29-5-2-4-22-18-24(34)9-13-27(22)31(29)21-6-10-25(11-7-21)37-26-14-17-35(20-26)16-3-15-32/h6-13,18-19,26H,2-5,14-17,20,34H2,1H3. The summed E-state index contributed by atoms with van der Waals surface area (Å²) < 4.78 is 38.4. The van der Waals surface area contributed by atoms with Crippen molar-refractivity contribution in [3.63, 3.8) is 0 Å². The quantitative estimate of drug-likeness (QED) is 0.355. The minimum absolute atomic E-state index is 0.116. The average molecular weight is 505 g/mol. The monoisotopic (exact) mass is 504 g/mol. The van der Waals surface area contributed by atoms with Crippen LogP contribution in [-0.2, 0) is 6.42 Å². The lowest BCUT2D eigenvalue weighted by Crippen LogP contribution is -2.26. The molecule has 1 unspecified atom stereocenters. The average Bonchev–Trinajstić information content (AvgIpc) is 3.27. The van der Waals surface area contributed by atoms with E-state index in [0.717, 1.165) is 84.6 Å². The summed E-state index contributed by atoms with van der Waals surface area (Å²) >= 11 is 0. The molecule has 6 heteroatoms. The molecule has 1 fully saturated rings. The van der Waals surface area contributed by atoms with E-state index in [1.54, 1.807) is 7.11 Å². The first-order valence-corrected chi connectivity index (χ1v) is 13.1. The second kappa shape index (κ2) is 11.3. The van der Waals surface area contributed by atoms with Gasteiger partial charge in [0.25, 0.3) is 0 Å². The number of nitrogen functional groups attached to an aromatic ring is 1. The molecule has 37 heavy (non-hydrogen) atoms. The summed E-state index contributed by atoms with van der Waals surface area (Å²) in [6.45, 7) is 2.28. The Hall–Kier alpha value is -3.38. The van der Waals surface area contributed by atoms with Gasteiger partial charge in [-0.05, 0) is 96.3 Å². The van der Waals surface area contributed by atoms with Crippen molar-refractivity contribution in [2.75, 3.05) is 39.2 Å². The third-order valence-electron chi connectivity index (χ3n) is 7.34. The number of benzene rings is 3.